The van der Waals surface area contributed by atoms with Crippen LogP contribution in [-0.4, -0.2) is 171 Å². The summed E-state index contributed by atoms with van der Waals surface area (Å²) >= 11 is 0. The van der Waals surface area contributed by atoms with E-state index >= 15 is 0 Å². The molecule has 0 saturated carbocycles. The molecular weight excluding hydrogens is 608 g/mol. The Kier molecular flexibility index (Phi) is 30.8. The van der Waals surface area contributed by atoms with Gasteiger partial charge < -0.3 is 76.2 Å². The van der Waals surface area contributed by atoms with Crippen molar-refractivity contribution in [1.82, 2.24) is 0 Å². The molecule has 45 heavy (non-hydrogen) atoms. The van der Waals surface area contributed by atoms with Gasteiger partial charge in [-0.25, -0.2) is 0 Å². The van der Waals surface area contributed by atoms with Crippen LogP contribution in [0.2, 0.25) is 0 Å². The zero-order chi connectivity index (χ0) is 35.5. The quantitative estimate of drug-likeness (QED) is 0.0408. The van der Waals surface area contributed by atoms with Gasteiger partial charge in [-0.1, -0.05) is 38.2 Å². The lowest BCUT2D eigenvalue weighted by Crippen LogP contribution is -2.51. The highest BCUT2D eigenvalue weighted by Crippen LogP contribution is 2.10. The third-order valence-electron chi connectivity index (χ3n) is 5.80. The SMILES string of the molecule is CC/C=C\CCC(=O)O.CC/C=C\CCC(=O)OC[C@@H](O)[C@@H](O)[C@H](O)[C@H](O)[C@H](O)CO.OC[C@@H](O)[C@@H](O)C(O)[C@H](O)[C@H](O)CO. The molecule has 0 aliphatic heterocycles. The van der Waals surface area contributed by atoms with Gasteiger partial charge in [0.2, 0.25) is 0 Å². The van der Waals surface area contributed by atoms with Crippen LogP contribution < -0.4 is 0 Å². The molecular formula is C28H54O17. The monoisotopic (exact) mass is 662 g/mol. The Morgan fingerprint density at radius 1 is 0.533 bits per heavy atom. The molecule has 0 aromatic rings. The number of aliphatic hydroxyl groups excluding tert-OH is 13. The fourth-order valence-electron chi connectivity index (χ4n) is 2.96. The van der Waals surface area contributed by atoms with Crippen molar-refractivity contribution in [1.29, 1.82) is 0 Å². The van der Waals surface area contributed by atoms with Gasteiger partial charge in [0.05, 0.1) is 19.8 Å². The van der Waals surface area contributed by atoms with Crippen LogP contribution in [0.1, 0.15) is 52.4 Å². The lowest BCUT2D eigenvalue weighted by Gasteiger charge is -2.28. The maximum absolute atomic E-state index is 11.4. The number of hydrogen-bond acceptors (Lipinski definition) is 16. The summed E-state index contributed by atoms with van der Waals surface area (Å²) in [7, 11) is 0. The van der Waals surface area contributed by atoms with Gasteiger partial charge in [0.25, 0.3) is 0 Å². The Labute approximate surface area is 262 Å². The molecule has 17 nitrogen and oxygen atoms in total. The van der Waals surface area contributed by atoms with Crippen molar-refractivity contribution in [3.05, 3.63) is 24.3 Å². The van der Waals surface area contributed by atoms with Crippen LogP contribution in [0.5, 0.6) is 0 Å². The molecule has 0 amide bonds. The van der Waals surface area contributed by atoms with E-state index in [2.05, 4.69) is 0 Å². The Morgan fingerprint density at radius 3 is 1.18 bits per heavy atom. The molecule has 0 saturated heterocycles. The summed E-state index contributed by atoms with van der Waals surface area (Å²) in [6.45, 7) is 1.02. The first-order valence-corrected chi connectivity index (χ1v) is 14.4. The fourth-order valence-corrected chi connectivity index (χ4v) is 2.96. The molecule has 14 N–H and O–H groups in total. The van der Waals surface area contributed by atoms with Crippen LogP contribution in [0.4, 0.5) is 0 Å². The lowest BCUT2D eigenvalue weighted by atomic mass is 10.00. The van der Waals surface area contributed by atoms with Crippen LogP contribution in [0.15, 0.2) is 24.3 Å². The summed E-state index contributed by atoms with van der Waals surface area (Å²) in [4.78, 5) is 21.3. The highest BCUT2D eigenvalue weighted by molar-refractivity contribution is 5.69. The molecule has 0 heterocycles. The molecule has 268 valence electrons. The molecule has 9 atom stereocenters. The molecule has 0 bridgehead atoms. The Balaban J connectivity index is -0.000000653. The molecule has 0 rings (SSSR count). The fraction of sp³-hybridized carbons (Fsp3) is 0.786. The Morgan fingerprint density at radius 2 is 0.867 bits per heavy atom. The van der Waals surface area contributed by atoms with Gasteiger partial charge in [-0.3, -0.25) is 9.59 Å². The Bertz CT molecular complexity index is 764. The minimum Gasteiger partial charge on any atom is -0.481 e. The molecule has 0 unspecified atom stereocenters. The number of allylic oxidation sites excluding steroid dienone is 4. The number of aliphatic hydroxyl groups is 13. The molecule has 0 aliphatic carbocycles. The summed E-state index contributed by atoms with van der Waals surface area (Å²) in [5.74, 6) is -1.30. The smallest absolute Gasteiger partial charge is 0.306 e. The van der Waals surface area contributed by atoms with Gasteiger partial charge in [0.1, 0.15) is 67.6 Å². The molecule has 0 aliphatic rings. The van der Waals surface area contributed by atoms with Crippen molar-refractivity contribution in [3.8, 4) is 0 Å². The van der Waals surface area contributed by atoms with E-state index in [0.29, 0.717) is 12.8 Å². The zero-order valence-corrected chi connectivity index (χ0v) is 25.6. The summed E-state index contributed by atoms with van der Waals surface area (Å²) < 4.78 is 4.73. The van der Waals surface area contributed by atoms with Gasteiger partial charge in [-0.05, 0) is 25.7 Å². The predicted molar refractivity (Wildman–Crippen MR) is 157 cm³/mol. The Hall–Kier alpha value is -2.10. The number of rotatable bonds is 21. The van der Waals surface area contributed by atoms with Crippen molar-refractivity contribution >= 4 is 11.9 Å². The topological polar surface area (TPSA) is 327 Å². The van der Waals surface area contributed by atoms with Crippen LogP contribution in [0.25, 0.3) is 0 Å². The second kappa shape index (κ2) is 29.3. The standard InChI is InChI=1S/C14H26O8.C7H16O7.C7H12O2/c1-2-3-4-5-6-11(18)22-8-10(17)13(20)14(21)12(19)9(16)7-15;8-1-3(10)5(12)7(14)6(13)4(11)2-9;1-2-3-4-5-6-7(8)9/h3-4,9-10,12-17,19-21H,2,5-8H2,1H3;3-14H,1-2H2;3-4H,2,5-6H2,1H3,(H,8,9)/b4-3-;;4-3-/t9-,10-,12-,13-,14-;3-,4-,5-,6-;/m11./s1. The third-order valence-corrected chi connectivity index (χ3v) is 5.80. The van der Waals surface area contributed by atoms with E-state index in [1.54, 1.807) is 0 Å². The number of ether oxygens (including phenoxy) is 1. The number of esters is 1. The van der Waals surface area contributed by atoms with Crippen LogP contribution >= 0.6 is 0 Å². The number of carbonyl (C=O) groups is 2. The van der Waals surface area contributed by atoms with Gasteiger partial charge >= 0.3 is 11.9 Å². The van der Waals surface area contributed by atoms with E-state index in [1.165, 1.54) is 0 Å². The normalized spacial score (nSPS) is 17.6. The molecule has 0 fully saturated rings. The predicted octanol–water partition coefficient (Wildman–Crippen LogP) is -4.33. The van der Waals surface area contributed by atoms with E-state index in [9.17, 15) is 30.0 Å². The zero-order valence-electron chi connectivity index (χ0n) is 25.6. The number of carbonyl (C=O) groups excluding carboxylic acids is 1. The highest BCUT2D eigenvalue weighted by atomic mass is 16.5. The van der Waals surface area contributed by atoms with E-state index in [4.69, 9.17) is 55.8 Å². The van der Waals surface area contributed by atoms with E-state index in [0.717, 1.165) is 12.8 Å². The van der Waals surface area contributed by atoms with E-state index < -0.39 is 99.4 Å². The number of hydrogen-bond donors (Lipinski definition) is 14. The average Bonchev–Trinajstić information content (AvgIpc) is 3.04. The summed E-state index contributed by atoms with van der Waals surface area (Å²) in [5, 5.41) is 126. The third kappa shape index (κ3) is 23.8. The van der Waals surface area contributed by atoms with Crippen molar-refractivity contribution in [2.24, 2.45) is 0 Å². The minimum atomic E-state index is -1.90. The van der Waals surface area contributed by atoms with Gasteiger partial charge in [-0.15, -0.1) is 0 Å². The number of carboxylic acid groups (broad SMARTS) is 1. The van der Waals surface area contributed by atoms with Crippen LogP contribution in [0, 0.1) is 0 Å². The molecule has 0 spiro atoms. The van der Waals surface area contributed by atoms with Crippen LogP contribution in [0.3, 0.4) is 0 Å². The van der Waals surface area contributed by atoms with Crippen molar-refractivity contribution in [3.63, 3.8) is 0 Å². The summed E-state index contributed by atoms with van der Waals surface area (Å²) in [6, 6.07) is 0. The molecule has 0 radical (unpaired) electrons. The number of carboxylic acids is 1. The maximum atomic E-state index is 11.4. The molecule has 0 aromatic heterocycles. The van der Waals surface area contributed by atoms with Crippen LogP contribution in [-0.2, 0) is 14.3 Å². The summed E-state index contributed by atoms with van der Waals surface area (Å²) in [5.41, 5.74) is 0. The van der Waals surface area contributed by atoms with E-state index in [-0.39, 0.29) is 12.8 Å². The van der Waals surface area contributed by atoms with Gasteiger partial charge in [-0.2, -0.15) is 0 Å². The van der Waals surface area contributed by atoms with Crippen molar-refractivity contribution in [2.75, 3.05) is 26.4 Å². The second-order valence-electron chi connectivity index (χ2n) is 9.67. The first-order valence-electron chi connectivity index (χ1n) is 14.4. The largest absolute Gasteiger partial charge is 0.481 e. The first-order chi connectivity index (χ1) is 21.1. The molecule has 0 aromatic carbocycles. The minimum absolute atomic E-state index is 0.119. The first kappa shape index (κ1) is 47.3. The lowest BCUT2D eigenvalue weighted by molar-refractivity contribution is -0.161. The number of aliphatic carboxylic acids is 1. The van der Waals surface area contributed by atoms with E-state index in [1.807, 2.05) is 38.2 Å². The highest BCUT2D eigenvalue weighted by Gasteiger charge is 2.35. The van der Waals surface area contributed by atoms with Gasteiger partial charge in [0, 0.05) is 12.8 Å². The molecule has 17 heteroatoms. The average molecular weight is 663 g/mol. The maximum Gasteiger partial charge on any atom is 0.306 e. The second-order valence-corrected chi connectivity index (χ2v) is 9.67. The van der Waals surface area contributed by atoms with Crippen molar-refractivity contribution in [2.45, 2.75) is 113 Å². The summed E-state index contributed by atoms with van der Waals surface area (Å²) in [6.07, 6.45) is -6.60. The van der Waals surface area contributed by atoms with Gasteiger partial charge in [0.15, 0.2) is 0 Å². The van der Waals surface area contributed by atoms with Crippen molar-refractivity contribution < 1.29 is 85.8 Å².